The van der Waals surface area contributed by atoms with Crippen molar-refractivity contribution in [1.29, 1.82) is 0 Å². The fraction of sp³-hybridized carbons (Fsp3) is 0.269. The van der Waals surface area contributed by atoms with E-state index in [0.717, 1.165) is 50.5 Å². The molecule has 0 saturated carbocycles. The summed E-state index contributed by atoms with van der Waals surface area (Å²) in [6, 6.07) is 26.4. The molecule has 164 valence electrons. The number of halogens is 1. The summed E-state index contributed by atoms with van der Waals surface area (Å²) in [5.74, 6) is -0.0796. The molecule has 2 aliphatic heterocycles. The summed E-state index contributed by atoms with van der Waals surface area (Å²) in [7, 11) is 0. The number of para-hydroxylation sites is 1. The van der Waals surface area contributed by atoms with Crippen LogP contribution in [0.15, 0.2) is 78.9 Å². The molecule has 0 spiro atoms. The predicted molar refractivity (Wildman–Crippen MR) is 131 cm³/mol. The van der Waals surface area contributed by atoms with Crippen molar-refractivity contribution >= 4 is 28.9 Å². The largest absolute Gasteiger partial charge is 0.369 e. The van der Waals surface area contributed by atoms with Gasteiger partial charge in [0.15, 0.2) is 0 Å². The van der Waals surface area contributed by atoms with Crippen molar-refractivity contribution in [2.24, 2.45) is 0 Å². The molecular weight excluding hydrogens is 420 g/mol. The average molecular weight is 447 g/mol. The number of benzene rings is 3. The highest BCUT2D eigenvalue weighted by Gasteiger charge is 2.32. The molecule has 1 atom stereocenters. The molecule has 1 N–H and O–H groups in total. The molecule has 3 aromatic carbocycles. The van der Waals surface area contributed by atoms with E-state index in [4.69, 9.17) is 11.6 Å². The molecule has 32 heavy (non-hydrogen) atoms. The van der Waals surface area contributed by atoms with Crippen molar-refractivity contribution in [3.8, 4) is 0 Å². The lowest BCUT2D eigenvalue weighted by Crippen LogP contribution is -2.52. The minimum atomic E-state index is -0.192. The van der Waals surface area contributed by atoms with E-state index in [1.165, 1.54) is 5.69 Å². The molecule has 6 heteroatoms. The Morgan fingerprint density at radius 1 is 0.844 bits per heavy atom. The zero-order valence-corrected chi connectivity index (χ0v) is 18.7. The van der Waals surface area contributed by atoms with Crippen LogP contribution in [-0.2, 0) is 0 Å². The Labute approximate surface area is 194 Å². The minimum absolute atomic E-state index is 0.0796. The molecule has 1 fully saturated rings. The van der Waals surface area contributed by atoms with Gasteiger partial charge in [0.2, 0.25) is 0 Å². The van der Waals surface area contributed by atoms with Crippen LogP contribution in [-0.4, -0.2) is 50.1 Å². The van der Waals surface area contributed by atoms with Crippen LogP contribution in [0.1, 0.15) is 22.1 Å². The normalized spacial score (nSPS) is 18.9. The van der Waals surface area contributed by atoms with Crippen LogP contribution in [0.5, 0.6) is 0 Å². The SMILES string of the molecule is O=C1NC(c2ccccc2)N(CCN2CCN(c3ccccc3)CC2)c2ccc(Cl)cc21. The Balaban J connectivity index is 1.31. The summed E-state index contributed by atoms with van der Waals surface area (Å²) >= 11 is 6.19. The summed E-state index contributed by atoms with van der Waals surface area (Å²) in [5, 5.41) is 3.76. The van der Waals surface area contributed by atoms with Crippen molar-refractivity contribution in [2.45, 2.75) is 6.17 Å². The maximum absolute atomic E-state index is 12.8. The van der Waals surface area contributed by atoms with Gasteiger partial charge >= 0.3 is 0 Å². The molecule has 1 saturated heterocycles. The highest BCUT2D eigenvalue weighted by Crippen LogP contribution is 2.34. The molecule has 1 amide bonds. The quantitative estimate of drug-likeness (QED) is 0.630. The maximum Gasteiger partial charge on any atom is 0.255 e. The molecule has 1 unspecified atom stereocenters. The second-order valence-electron chi connectivity index (χ2n) is 8.31. The zero-order chi connectivity index (χ0) is 21.9. The number of carbonyl (C=O) groups excluding carboxylic acids is 1. The van der Waals surface area contributed by atoms with E-state index in [2.05, 4.69) is 62.5 Å². The molecule has 2 heterocycles. The Kier molecular flexibility index (Phi) is 6.02. The fourth-order valence-corrected chi connectivity index (χ4v) is 4.80. The second-order valence-corrected chi connectivity index (χ2v) is 8.74. The van der Waals surface area contributed by atoms with Crippen LogP contribution in [0.25, 0.3) is 0 Å². The van der Waals surface area contributed by atoms with Gasteiger partial charge < -0.3 is 15.1 Å². The summed E-state index contributed by atoms with van der Waals surface area (Å²) < 4.78 is 0. The maximum atomic E-state index is 12.8. The van der Waals surface area contributed by atoms with E-state index in [-0.39, 0.29) is 12.1 Å². The smallest absolute Gasteiger partial charge is 0.255 e. The van der Waals surface area contributed by atoms with Gasteiger partial charge in [-0.1, -0.05) is 60.1 Å². The summed E-state index contributed by atoms with van der Waals surface area (Å²) in [6.45, 7) is 5.85. The number of anilines is 2. The monoisotopic (exact) mass is 446 g/mol. The van der Waals surface area contributed by atoms with Crippen molar-refractivity contribution in [2.75, 3.05) is 49.1 Å². The first kappa shape index (κ1) is 20.9. The van der Waals surface area contributed by atoms with E-state index < -0.39 is 0 Å². The topological polar surface area (TPSA) is 38.8 Å². The molecule has 0 aromatic heterocycles. The molecule has 0 radical (unpaired) electrons. The van der Waals surface area contributed by atoms with Crippen LogP contribution in [0.4, 0.5) is 11.4 Å². The summed E-state index contributed by atoms with van der Waals surface area (Å²) in [4.78, 5) is 20.1. The van der Waals surface area contributed by atoms with Gasteiger partial charge in [-0.15, -0.1) is 0 Å². The minimum Gasteiger partial charge on any atom is -0.369 e. The van der Waals surface area contributed by atoms with Gasteiger partial charge in [-0.05, 0) is 35.9 Å². The number of amides is 1. The Morgan fingerprint density at radius 2 is 1.53 bits per heavy atom. The van der Waals surface area contributed by atoms with Gasteiger partial charge in [-0.25, -0.2) is 0 Å². The molecule has 0 aliphatic carbocycles. The molecule has 5 rings (SSSR count). The Bertz CT molecular complexity index is 1070. The van der Waals surface area contributed by atoms with Crippen LogP contribution < -0.4 is 15.1 Å². The van der Waals surface area contributed by atoms with E-state index >= 15 is 0 Å². The third-order valence-electron chi connectivity index (χ3n) is 6.36. The number of carbonyl (C=O) groups is 1. The van der Waals surface area contributed by atoms with Crippen molar-refractivity contribution in [1.82, 2.24) is 10.2 Å². The van der Waals surface area contributed by atoms with E-state index in [1.807, 2.05) is 30.3 Å². The number of piperazine rings is 1. The van der Waals surface area contributed by atoms with Gasteiger partial charge in [-0.2, -0.15) is 0 Å². The lowest BCUT2D eigenvalue weighted by Gasteiger charge is -2.41. The highest BCUT2D eigenvalue weighted by atomic mass is 35.5. The number of hydrogen-bond donors (Lipinski definition) is 1. The first-order chi connectivity index (χ1) is 15.7. The lowest BCUT2D eigenvalue weighted by molar-refractivity contribution is 0.0925. The van der Waals surface area contributed by atoms with Crippen molar-refractivity contribution in [3.05, 3.63) is 95.0 Å². The molecule has 5 nitrogen and oxygen atoms in total. The van der Waals surface area contributed by atoms with Crippen LogP contribution in [0.2, 0.25) is 5.02 Å². The van der Waals surface area contributed by atoms with Gasteiger partial charge in [0, 0.05) is 50.0 Å². The zero-order valence-electron chi connectivity index (χ0n) is 18.0. The van der Waals surface area contributed by atoms with Gasteiger partial charge in [0.1, 0.15) is 6.17 Å². The number of nitrogens with one attached hydrogen (secondary N) is 1. The predicted octanol–water partition coefficient (Wildman–Crippen LogP) is 4.41. The fourth-order valence-electron chi connectivity index (χ4n) is 4.63. The van der Waals surface area contributed by atoms with Crippen molar-refractivity contribution < 1.29 is 4.79 Å². The first-order valence-electron chi connectivity index (χ1n) is 11.1. The Hall–Kier alpha value is -3.02. The third kappa shape index (κ3) is 4.31. The summed E-state index contributed by atoms with van der Waals surface area (Å²) in [6.07, 6.45) is -0.192. The molecule has 0 bridgehead atoms. The van der Waals surface area contributed by atoms with Crippen LogP contribution in [0.3, 0.4) is 0 Å². The average Bonchev–Trinajstić information content (AvgIpc) is 2.85. The third-order valence-corrected chi connectivity index (χ3v) is 6.59. The Morgan fingerprint density at radius 3 is 2.25 bits per heavy atom. The van der Waals surface area contributed by atoms with Crippen LogP contribution in [0, 0.1) is 0 Å². The lowest BCUT2D eigenvalue weighted by atomic mass is 10.0. The number of fused-ring (bicyclic) bond motifs is 1. The second kappa shape index (κ2) is 9.23. The summed E-state index contributed by atoms with van der Waals surface area (Å²) in [5.41, 5.74) is 3.95. The highest BCUT2D eigenvalue weighted by molar-refractivity contribution is 6.31. The van der Waals surface area contributed by atoms with Gasteiger partial charge in [0.05, 0.1) is 11.3 Å². The molecular formula is C26H27ClN4O. The molecule has 3 aromatic rings. The van der Waals surface area contributed by atoms with E-state index in [0.29, 0.717) is 10.6 Å². The van der Waals surface area contributed by atoms with Crippen molar-refractivity contribution in [3.63, 3.8) is 0 Å². The first-order valence-corrected chi connectivity index (χ1v) is 11.5. The number of hydrogen-bond acceptors (Lipinski definition) is 4. The molecule has 2 aliphatic rings. The van der Waals surface area contributed by atoms with Crippen LogP contribution >= 0.6 is 11.6 Å². The van der Waals surface area contributed by atoms with Gasteiger partial charge in [0.25, 0.3) is 5.91 Å². The van der Waals surface area contributed by atoms with E-state index in [1.54, 1.807) is 6.07 Å². The number of nitrogens with zero attached hydrogens (tertiary/aromatic N) is 3. The van der Waals surface area contributed by atoms with Gasteiger partial charge in [-0.3, -0.25) is 9.69 Å². The standard InChI is InChI=1S/C26H27ClN4O/c27-21-11-12-24-23(19-21)26(32)28-25(20-7-3-1-4-8-20)31(24)18-15-29-13-16-30(17-14-29)22-9-5-2-6-10-22/h1-12,19,25H,13-18H2,(H,28,32). The number of rotatable bonds is 5. The van der Waals surface area contributed by atoms with E-state index in [9.17, 15) is 4.79 Å².